The van der Waals surface area contributed by atoms with Gasteiger partial charge in [-0.15, -0.1) is 0 Å². The monoisotopic (exact) mass is 211 g/mol. The average molecular weight is 211 g/mol. The Hall–Kier alpha value is -0.860. The van der Waals surface area contributed by atoms with Gasteiger partial charge in [0.2, 0.25) is 5.91 Å². The Bertz CT molecular complexity index is 238. The summed E-state index contributed by atoms with van der Waals surface area (Å²) in [5, 5.41) is 0. The molecule has 86 valence electrons. The van der Waals surface area contributed by atoms with E-state index in [1.165, 1.54) is 0 Å². The third-order valence-corrected chi connectivity index (χ3v) is 3.19. The standard InChI is InChI=1S/C12H21NO2/c1-4-11(9(2)3)12(15)13-7-5-10(14)6-8-13/h9,11H,4-8H2,1-3H3. The quantitative estimate of drug-likeness (QED) is 0.714. The summed E-state index contributed by atoms with van der Waals surface area (Å²) in [4.78, 5) is 25.0. The van der Waals surface area contributed by atoms with Crippen LogP contribution in [0.25, 0.3) is 0 Å². The maximum Gasteiger partial charge on any atom is 0.225 e. The SMILES string of the molecule is CCC(C(=O)N1CCC(=O)CC1)C(C)C. The van der Waals surface area contributed by atoms with Crippen LogP contribution in [0.1, 0.15) is 40.0 Å². The molecule has 0 aromatic heterocycles. The lowest BCUT2D eigenvalue weighted by atomic mass is 9.91. The summed E-state index contributed by atoms with van der Waals surface area (Å²) >= 11 is 0. The minimum atomic E-state index is 0.123. The predicted molar refractivity (Wildman–Crippen MR) is 59.4 cm³/mol. The van der Waals surface area contributed by atoms with Crippen LogP contribution < -0.4 is 0 Å². The predicted octanol–water partition coefficient (Wildman–Crippen LogP) is 1.86. The third kappa shape index (κ3) is 3.05. The zero-order chi connectivity index (χ0) is 11.4. The fraction of sp³-hybridized carbons (Fsp3) is 0.833. The Morgan fingerprint density at radius 1 is 1.33 bits per heavy atom. The van der Waals surface area contributed by atoms with E-state index in [2.05, 4.69) is 20.8 Å². The molecule has 0 aromatic carbocycles. The van der Waals surface area contributed by atoms with Gasteiger partial charge in [-0.1, -0.05) is 20.8 Å². The fourth-order valence-corrected chi connectivity index (χ4v) is 2.14. The third-order valence-electron chi connectivity index (χ3n) is 3.19. The van der Waals surface area contributed by atoms with Gasteiger partial charge in [0.05, 0.1) is 0 Å². The number of likely N-dealkylation sites (tertiary alicyclic amines) is 1. The summed E-state index contributed by atoms with van der Waals surface area (Å²) in [7, 11) is 0. The summed E-state index contributed by atoms with van der Waals surface area (Å²) in [6.45, 7) is 7.47. The Balaban J connectivity index is 2.55. The molecule has 1 saturated heterocycles. The Labute approximate surface area is 91.8 Å². The molecule has 0 aliphatic carbocycles. The normalized spacial score (nSPS) is 19.5. The van der Waals surface area contributed by atoms with Crippen LogP contribution in [-0.2, 0) is 9.59 Å². The molecule has 1 fully saturated rings. The van der Waals surface area contributed by atoms with Gasteiger partial charge in [0, 0.05) is 31.8 Å². The molecule has 0 spiro atoms. The van der Waals surface area contributed by atoms with Crippen molar-refractivity contribution < 1.29 is 9.59 Å². The molecule has 0 saturated carbocycles. The number of piperidine rings is 1. The topological polar surface area (TPSA) is 37.4 Å². The summed E-state index contributed by atoms with van der Waals surface area (Å²) in [5.41, 5.74) is 0. The van der Waals surface area contributed by atoms with Gasteiger partial charge in [-0.3, -0.25) is 9.59 Å². The summed E-state index contributed by atoms with van der Waals surface area (Å²) in [5.74, 6) is 1.04. The second kappa shape index (κ2) is 5.29. The molecule has 1 amide bonds. The summed E-state index contributed by atoms with van der Waals surface area (Å²) < 4.78 is 0. The highest BCUT2D eigenvalue weighted by Gasteiger charge is 2.27. The second-order valence-electron chi connectivity index (χ2n) is 4.62. The van der Waals surface area contributed by atoms with Crippen molar-refractivity contribution in [3.05, 3.63) is 0 Å². The van der Waals surface area contributed by atoms with Crippen LogP contribution in [0.5, 0.6) is 0 Å². The molecule has 1 heterocycles. The Morgan fingerprint density at radius 2 is 1.87 bits per heavy atom. The lowest BCUT2D eigenvalue weighted by Gasteiger charge is -2.31. The lowest BCUT2D eigenvalue weighted by molar-refractivity contribution is -0.139. The number of carbonyl (C=O) groups is 2. The first kappa shape index (κ1) is 12.2. The maximum atomic E-state index is 12.1. The molecule has 3 nitrogen and oxygen atoms in total. The Kier molecular flexibility index (Phi) is 4.30. The molecule has 1 unspecified atom stereocenters. The molecular weight excluding hydrogens is 190 g/mol. The highest BCUT2D eigenvalue weighted by Crippen LogP contribution is 2.19. The number of amides is 1. The van der Waals surface area contributed by atoms with Crippen molar-refractivity contribution in [2.45, 2.75) is 40.0 Å². The van der Waals surface area contributed by atoms with Crippen LogP contribution in [0.15, 0.2) is 0 Å². The van der Waals surface area contributed by atoms with Gasteiger partial charge in [-0.05, 0) is 12.3 Å². The first-order valence-corrected chi connectivity index (χ1v) is 5.86. The number of carbonyl (C=O) groups excluding carboxylic acids is 2. The van der Waals surface area contributed by atoms with Crippen molar-refractivity contribution in [1.29, 1.82) is 0 Å². The summed E-state index contributed by atoms with van der Waals surface area (Å²) in [6, 6.07) is 0. The Morgan fingerprint density at radius 3 is 2.27 bits per heavy atom. The van der Waals surface area contributed by atoms with Crippen molar-refractivity contribution in [1.82, 2.24) is 4.90 Å². The van der Waals surface area contributed by atoms with Crippen molar-refractivity contribution >= 4 is 11.7 Å². The zero-order valence-electron chi connectivity index (χ0n) is 9.95. The number of nitrogens with zero attached hydrogens (tertiary/aromatic N) is 1. The van der Waals surface area contributed by atoms with E-state index < -0.39 is 0 Å². The minimum absolute atomic E-state index is 0.123. The largest absolute Gasteiger partial charge is 0.342 e. The molecule has 15 heavy (non-hydrogen) atoms. The molecule has 1 aliphatic rings. The van der Waals surface area contributed by atoms with Gasteiger partial charge in [0.25, 0.3) is 0 Å². The van der Waals surface area contributed by atoms with E-state index in [1.54, 1.807) is 0 Å². The molecule has 1 aliphatic heterocycles. The van der Waals surface area contributed by atoms with E-state index in [0.29, 0.717) is 31.8 Å². The fourth-order valence-electron chi connectivity index (χ4n) is 2.14. The van der Waals surface area contributed by atoms with E-state index in [4.69, 9.17) is 0 Å². The molecule has 0 aromatic rings. The van der Waals surface area contributed by atoms with Crippen LogP contribution in [0, 0.1) is 11.8 Å². The number of hydrogen-bond donors (Lipinski definition) is 0. The van der Waals surface area contributed by atoms with E-state index in [9.17, 15) is 9.59 Å². The second-order valence-corrected chi connectivity index (χ2v) is 4.62. The van der Waals surface area contributed by atoms with Crippen molar-refractivity contribution in [3.63, 3.8) is 0 Å². The molecule has 0 radical (unpaired) electrons. The van der Waals surface area contributed by atoms with E-state index in [0.717, 1.165) is 6.42 Å². The lowest BCUT2D eigenvalue weighted by Crippen LogP contribution is -2.43. The smallest absolute Gasteiger partial charge is 0.225 e. The van der Waals surface area contributed by atoms with Crippen molar-refractivity contribution in [2.24, 2.45) is 11.8 Å². The average Bonchev–Trinajstić information content (AvgIpc) is 2.19. The number of rotatable bonds is 3. The maximum absolute atomic E-state index is 12.1. The zero-order valence-corrected chi connectivity index (χ0v) is 9.95. The van der Waals surface area contributed by atoms with Crippen LogP contribution in [0.2, 0.25) is 0 Å². The molecule has 3 heteroatoms. The first-order valence-electron chi connectivity index (χ1n) is 5.86. The van der Waals surface area contributed by atoms with Gasteiger partial charge in [-0.2, -0.15) is 0 Å². The minimum Gasteiger partial charge on any atom is -0.342 e. The molecule has 1 atom stereocenters. The number of ketones is 1. The van der Waals surface area contributed by atoms with Gasteiger partial charge in [0.15, 0.2) is 0 Å². The summed E-state index contributed by atoms with van der Waals surface area (Å²) in [6.07, 6.45) is 1.97. The number of hydrogen-bond acceptors (Lipinski definition) is 2. The number of Topliss-reactive ketones (excluding diaryl/α,β-unsaturated/α-hetero) is 1. The van der Waals surface area contributed by atoms with Crippen LogP contribution in [0.4, 0.5) is 0 Å². The molecule has 0 N–H and O–H groups in total. The molecule has 0 bridgehead atoms. The van der Waals surface area contributed by atoms with Crippen LogP contribution >= 0.6 is 0 Å². The van der Waals surface area contributed by atoms with Gasteiger partial charge in [-0.25, -0.2) is 0 Å². The van der Waals surface area contributed by atoms with E-state index in [-0.39, 0.29) is 17.6 Å². The van der Waals surface area contributed by atoms with Gasteiger partial charge >= 0.3 is 0 Å². The highest BCUT2D eigenvalue weighted by molar-refractivity contribution is 5.84. The van der Waals surface area contributed by atoms with Gasteiger partial charge in [0.1, 0.15) is 5.78 Å². The van der Waals surface area contributed by atoms with Crippen molar-refractivity contribution in [2.75, 3.05) is 13.1 Å². The van der Waals surface area contributed by atoms with Gasteiger partial charge < -0.3 is 4.90 Å². The highest BCUT2D eigenvalue weighted by atomic mass is 16.2. The van der Waals surface area contributed by atoms with Crippen LogP contribution in [0.3, 0.4) is 0 Å². The van der Waals surface area contributed by atoms with E-state index >= 15 is 0 Å². The molecular formula is C12H21NO2. The van der Waals surface area contributed by atoms with Crippen LogP contribution in [-0.4, -0.2) is 29.7 Å². The van der Waals surface area contributed by atoms with Crippen molar-refractivity contribution in [3.8, 4) is 0 Å². The molecule has 1 rings (SSSR count). The van der Waals surface area contributed by atoms with E-state index in [1.807, 2.05) is 4.90 Å². The first-order chi connectivity index (χ1) is 7.06.